The van der Waals surface area contributed by atoms with Gasteiger partial charge in [0.15, 0.2) is 11.5 Å². The first-order chi connectivity index (χ1) is 12.3. The van der Waals surface area contributed by atoms with Crippen LogP contribution in [0.3, 0.4) is 0 Å². The van der Waals surface area contributed by atoms with Gasteiger partial charge >= 0.3 is 5.97 Å². The van der Waals surface area contributed by atoms with E-state index in [0.29, 0.717) is 16.6 Å². The average molecular weight is 394 g/mol. The summed E-state index contributed by atoms with van der Waals surface area (Å²) in [6, 6.07) is 6.75. The van der Waals surface area contributed by atoms with Crippen LogP contribution in [0.4, 0.5) is 5.82 Å². The number of carbonyl (C=O) groups excluding carboxylic acids is 1. The highest BCUT2D eigenvalue weighted by molar-refractivity contribution is 6.35. The summed E-state index contributed by atoms with van der Waals surface area (Å²) in [5.41, 5.74) is 0.449. The maximum Gasteiger partial charge on any atom is 0.357 e. The molecule has 0 fully saturated rings. The summed E-state index contributed by atoms with van der Waals surface area (Å²) in [4.78, 5) is 23.5. The summed E-state index contributed by atoms with van der Waals surface area (Å²) in [6.07, 6.45) is 3.01. The number of benzene rings is 1. The van der Waals surface area contributed by atoms with E-state index in [9.17, 15) is 9.59 Å². The van der Waals surface area contributed by atoms with Crippen LogP contribution in [0, 0.1) is 0 Å². The lowest BCUT2D eigenvalue weighted by Crippen LogP contribution is -2.16. The second-order valence-corrected chi connectivity index (χ2v) is 6.30. The number of anilines is 1. The Bertz CT molecular complexity index is 996. The van der Waals surface area contributed by atoms with Crippen LogP contribution >= 0.6 is 23.2 Å². The zero-order valence-corrected chi connectivity index (χ0v) is 15.0. The monoisotopic (exact) mass is 393 g/mol. The normalized spacial score (nSPS) is 10.7. The molecule has 0 aliphatic heterocycles. The highest BCUT2D eigenvalue weighted by atomic mass is 35.5. The van der Waals surface area contributed by atoms with Crippen molar-refractivity contribution in [1.82, 2.24) is 19.6 Å². The van der Waals surface area contributed by atoms with Crippen LogP contribution in [-0.2, 0) is 13.6 Å². The Morgan fingerprint density at radius 3 is 2.69 bits per heavy atom. The number of aromatic nitrogens is 4. The second-order valence-electron chi connectivity index (χ2n) is 5.46. The number of halogens is 2. The summed E-state index contributed by atoms with van der Waals surface area (Å²) in [6.45, 7) is 0.388. The summed E-state index contributed by atoms with van der Waals surface area (Å²) in [5.74, 6) is -1.61. The molecule has 3 aromatic rings. The van der Waals surface area contributed by atoms with Crippen LogP contribution in [0.2, 0.25) is 10.0 Å². The third-order valence-electron chi connectivity index (χ3n) is 3.51. The molecule has 0 spiro atoms. The molecule has 0 bridgehead atoms. The molecule has 10 heteroatoms. The van der Waals surface area contributed by atoms with E-state index in [4.69, 9.17) is 28.3 Å². The fourth-order valence-corrected chi connectivity index (χ4v) is 2.81. The molecule has 0 unspecified atom stereocenters. The Labute approximate surface area is 157 Å². The van der Waals surface area contributed by atoms with Crippen molar-refractivity contribution in [3.05, 3.63) is 63.5 Å². The van der Waals surface area contributed by atoms with E-state index in [2.05, 4.69) is 15.5 Å². The zero-order chi connectivity index (χ0) is 18.8. The number of carboxylic acid groups (broad SMARTS) is 1. The molecule has 0 atom stereocenters. The molecule has 26 heavy (non-hydrogen) atoms. The number of nitrogens with one attached hydrogen (secondary N) is 1. The summed E-state index contributed by atoms with van der Waals surface area (Å²) in [5, 5.41) is 20.7. The summed E-state index contributed by atoms with van der Waals surface area (Å²) in [7, 11) is 1.54. The minimum atomic E-state index is -1.28. The van der Waals surface area contributed by atoms with Gasteiger partial charge in [0, 0.05) is 35.6 Å². The van der Waals surface area contributed by atoms with Crippen molar-refractivity contribution < 1.29 is 14.7 Å². The van der Waals surface area contributed by atoms with E-state index < -0.39 is 11.9 Å². The second kappa shape index (κ2) is 7.19. The van der Waals surface area contributed by atoms with Crippen molar-refractivity contribution in [2.24, 2.45) is 7.05 Å². The largest absolute Gasteiger partial charge is 0.476 e. The van der Waals surface area contributed by atoms with E-state index in [-0.39, 0.29) is 17.1 Å². The molecule has 0 aliphatic carbocycles. The fourth-order valence-electron chi connectivity index (χ4n) is 2.34. The zero-order valence-electron chi connectivity index (χ0n) is 13.5. The maximum absolute atomic E-state index is 12.3. The topological polar surface area (TPSA) is 102 Å². The van der Waals surface area contributed by atoms with Crippen LogP contribution < -0.4 is 5.32 Å². The number of aromatic carboxylic acids is 1. The van der Waals surface area contributed by atoms with Gasteiger partial charge in [0.05, 0.1) is 12.1 Å². The number of amides is 1. The molecule has 0 saturated heterocycles. The first-order valence-corrected chi connectivity index (χ1v) is 8.15. The van der Waals surface area contributed by atoms with Gasteiger partial charge in [-0.3, -0.25) is 14.2 Å². The van der Waals surface area contributed by atoms with Gasteiger partial charge in [0.25, 0.3) is 5.91 Å². The molecule has 2 aromatic heterocycles. The number of hydrogen-bond donors (Lipinski definition) is 2. The maximum atomic E-state index is 12.3. The van der Waals surface area contributed by atoms with E-state index >= 15 is 0 Å². The Hall–Kier alpha value is -2.84. The van der Waals surface area contributed by atoms with Crippen molar-refractivity contribution in [2.45, 2.75) is 6.54 Å². The molecule has 0 aliphatic rings. The molecule has 2 N–H and O–H groups in total. The Balaban J connectivity index is 1.74. The van der Waals surface area contributed by atoms with Gasteiger partial charge in [-0.2, -0.15) is 10.2 Å². The lowest BCUT2D eigenvalue weighted by Gasteiger charge is -2.05. The third-order valence-corrected chi connectivity index (χ3v) is 4.09. The lowest BCUT2D eigenvalue weighted by molar-refractivity contribution is 0.0685. The number of aryl methyl sites for hydroxylation is 1. The SMILES string of the molecule is Cn1cc(C(=O)Nc2ccn(Cc3ccc(Cl)cc3Cl)n2)c(C(=O)O)n1. The molecule has 0 radical (unpaired) electrons. The average Bonchev–Trinajstić information content (AvgIpc) is 3.16. The van der Waals surface area contributed by atoms with Gasteiger partial charge in [-0.05, 0) is 17.7 Å². The minimum Gasteiger partial charge on any atom is -0.476 e. The molecular formula is C16H13Cl2N5O3. The number of carboxylic acids is 1. The predicted molar refractivity (Wildman–Crippen MR) is 95.9 cm³/mol. The molecule has 1 aromatic carbocycles. The van der Waals surface area contributed by atoms with Crippen LogP contribution in [0.15, 0.2) is 36.7 Å². The number of nitrogens with zero attached hydrogens (tertiary/aromatic N) is 4. The van der Waals surface area contributed by atoms with Gasteiger partial charge in [-0.15, -0.1) is 0 Å². The fraction of sp³-hybridized carbons (Fsp3) is 0.125. The standard InChI is InChI=1S/C16H13Cl2N5O3/c1-22-8-11(14(21-22)16(25)26)15(24)19-13-4-5-23(20-13)7-9-2-3-10(17)6-12(9)18/h2-6,8H,7H2,1H3,(H,25,26)(H,19,20,24). The van der Waals surface area contributed by atoms with Crippen molar-refractivity contribution in [1.29, 1.82) is 0 Å². The van der Waals surface area contributed by atoms with E-state index in [1.54, 1.807) is 35.1 Å². The summed E-state index contributed by atoms with van der Waals surface area (Å²) < 4.78 is 2.85. The quantitative estimate of drug-likeness (QED) is 0.693. The van der Waals surface area contributed by atoms with Crippen LogP contribution in [0.1, 0.15) is 26.4 Å². The highest BCUT2D eigenvalue weighted by Crippen LogP contribution is 2.22. The third kappa shape index (κ3) is 3.87. The van der Waals surface area contributed by atoms with Crippen molar-refractivity contribution in [3.8, 4) is 0 Å². The first kappa shape index (κ1) is 18.0. The van der Waals surface area contributed by atoms with Crippen molar-refractivity contribution >= 4 is 40.9 Å². The first-order valence-electron chi connectivity index (χ1n) is 7.39. The number of carbonyl (C=O) groups is 2. The van der Waals surface area contributed by atoms with Crippen LogP contribution in [-0.4, -0.2) is 36.5 Å². The van der Waals surface area contributed by atoms with E-state index in [0.717, 1.165) is 5.56 Å². The van der Waals surface area contributed by atoms with E-state index in [1.165, 1.54) is 17.9 Å². The van der Waals surface area contributed by atoms with Crippen LogP contribution in [0.25, 0.3) is 0 Å². The molecule has 0 saturated carbocycles. The molecule has 3 rings (SSSR count). The molecule has 8 nitrogen and oxygen atoms in total. The number of hydrogen-bond acceptors (Lipinski definition) is 4. The minimum absolute atomic E-state index is 0.0460. The van der Waals surface area contributed by atoms with Gasteiger partial charge < -0.3 is 10.4 Å². The molecular weight excluding hydrogens is 381 g/mol. The molecule has 1 amide bonds. The van der Waals surface area contributed by atoms with Gasteiger partial charge in [0.1, 0.15) is 0 Å². The lowest BCUT2D eigenvalue weighted by atomic mass is 10.2. The van der Waals surface area contributed by atoms with E-state index in [1.807, 2.05) is 0 Å². The van der Waals surface area contributed by atoms with Gasteiger partial charge in [0.2, 0.25) is 0 Å². The molecule has 134 valence electrons. The van der Waals surface area contributed by atoms with Gasteiger partial charge in [-0.25, -0.2) is 4.79 Å². The Kier molecular flexibility index (Phi) is 4.97. The van der Waals surface area contributed by atoms with Gasteiger partial charge in [-0.1, -0.05) is 29.3 Å². The Morgan fingerprint density at radius 1 is 1.23 bits per heavy atom. The van der Waals surface area contributed by atoms with Crippen molar-refractivity contribution in [3.63, 3.8) is 0 Å². The molecule has 2 heterocycles. The smallest absolute Gasteiger partial charge is 0.357 e. The number of rotatable bonds is 5. The van der Waals surface area contributed by atoms with Crippen LogP contribution in [0.5, 0.6) is 0 Å². The Morgan fingerprint density at radius 2 is 2.00 bits per heavy atom. The highest BCUT2D eigenvalue weighted by Gasteiger charge is 2.21. The predicted octanol–water partition coefficient (Wildman–Crippen LogP) is 2.92. The van der Waals surface area contributed by atoms with Crippen molar-refractivity contribution in [2.75, 3.05) is 5.32 Å². The summed E-state index contributed by atoms with van der Waals surface area (Å²) >= 11 is 12.0.